The Balaban J connectivity index is 1.12. The Morgan fingerprint density at radius 2 is 1.20 bits per heavy atom. The van der Waals surface area contributed by atoms with E-state index < -0.39 is 79.3 Å². The minimum atomic E-state index is -0.918. The topological polar surface area (TPSA) is 102 Å². The molecule has 3 aromatic rings. The van der Waals surface area contributed by atoms with Crippen LogP contribution in [-0.2, 0) is 65.3 Å². The molecule has 0 amide bonds. The van der Waals surface area contributed by atoms with Gasteiger partial charge >= 0.3 is 0 Å². The van der Waals surface area contributed by atoms with E-state index in [4.69, 9.17) is 52.1 Å². The molecule has 5 fully saturated rings. The molecule has 268 valence electrons. The molecule has 5 heterocycles. The molecule has 0 N–H and O–H groups in total. The summed E-state index contributed by atoms with van der Waals surface area (Å²) < 4.78 is 71.5. The van der Waals surface area contributed by atoms with Crippen LogP contribution in [0, 0.1) is 0 Å². The molecule has 11 heteroatoms. The van der Waals surface area contributed by atoms with Crippen molar-refractivity contribution < 1.29 is 52.1 Å². The summed E-state index contributed by atoms with van der Waals surface area (Å²) in [6.45, 7) is 8.71. The monoisotopic (exact) mass is 690 g/mol. The first-order chi connectivity index (χ1) is 24.2. The van der Waals surface area contributed by atoms with Crippen molar-refractivity contribution in [3.05, 3.63) is 108 Å². The fraction of sp³-hybridized carbons (Fsp3) is 0.538. The SMILES string of the molecule is CC1(C)OCC([C@H]2O[C@@H]3OC(C)(C)OC3[C@H]2O[C@H]2OC3COC(c4ccccc4)O[C@H]3[C@@H](OCc3ccccc3)C2OCc2ccccc2)O1. The minimum absolute atomic E-state index is 0.262. The van der Waals surface area contributed by atoms with E-state index in [-0.39, 0.29) is 6.61 Å². The van der Waals surface area contributed by atoms with Crippen molar-refractivity contribution in [3.8, 4) is 0 Å². The van der Waals surface area contributed by atoms with Gasteiger partial charge in [-0.2, -0.15) is 0 Å². The average Bonchev–Trinajstić information content (AvgIpc) is 3.75. The van der Waals surface area contributed by atoms with Crippen molar-refractivity contribution in [2.24, 2.45) is 0 Å². The Hall–Kier alpha value is -2.78. The summed E-state index contributed by atoms with van der Waals surface area (Å²) in [6, 6.07) is 29.9. The molecule has 0 spiro atoms. The van der Waals surface area contributed by atoms with Crippen LogP contribution in [0.5, 0.6) is 0 Å². The van der Waals surface area contributed by atoms with Gasteiger partial charge in [0, 0.05) is 5.56 Å². The van der Waals surface area contributed by atoms with Gasteiger partial charge in [0.05, 0.1) is 26.4 Å². The predicted molar refractivity (Wildman–Crippen MR) is 177 cm³/mol. The van der Waals surface area contributed by atoms with Crippen LogP contribution in [0.2, 0.25) is 0 Å². The Bertz CT molecular complexity index is 1540. The minimum Gasteiger partial charge on any atom is -0.368 e. The first kappa shape index (κ1) is 34.3. The number of fused-ring (bicyclic) bond motifs is 2. The van der Waals surface area contributed by atoms with E-state index in [1.165, 1.54) is 0 Å². The highest BCUT2D eigenvalue weighted by Crippen LogP contribution is 2.44. The Kier molecular flexibility index (Phi) is 9.83. The van der Waals surface area contributed by atoms with Gasteiger partial charge in [0.15, 0.2) is 30.4 Å². The van der Waals surface area contributed by atoms with E-state index in [0.29, 0.717) is 19.8 Å². The molecule has 5 unspecified atom stereocenters. The van der Waals surface area contributed by atoms with Crippen LogP contribution in [-0.4, -0.2) is 86.2 Å². The third kappa shape index (κ3) is 7.41. The molecular formula is C39H46O11. The van der Waals surface area contributed by atoms with Gasteiger partial charge in [0.2, 0.25) is 0 Å². The smallest absolute Gasteiger partial charge is 0.190 e. The lowest BCUT2D eigenvalue weighted by Crippen LogP contribution is -2.64. The van der Waals surface area contributed by atoms with Crippen LogP contribution in [0.4, 0.5) is 0 Å². The lowest BCUT2D eigenvalue weighted by molar-refractivity contribution is -0.381. The van der Waals surface area contributed by atoms with Crippen molar-refractivity contribution in [3.63, 3.8) is 0 Å². The van der Waals surface area contributed by atoms with Crippen LogP contribution in [0.15, 0.2) is 91.0 Å². The number of benzene rings is 3. The highest BCUT2D eigenvalue weighted by Gasteiger charge is 2.61. The summed E-state index contributed by atoms with van der Waals surface area (Å²) in [7, 11) is 0. The highest BCUT2D eigenvalue weighted by atomic mass is 16.9. The summed E-state index contributed by atoms with van der Waals surface area (Å²) in [5.41, 5.74) is 2.93. The van der Waals surface area contributed by atoms with Gasteiger partial charge in [0.25, 0.3) is 0 Å². The molecule has 0 radical (unpaired) electrons. The van der Waals surface area contributed by atoms with Gasteiger partial charge in [-0.05, 0) is 38.8 Å². The maximum Gasteiger partial charge on any atom is 0.190 e. The van der Waals surface area contributed by atoms with Gasteiger partial charge in [0.1, 0.15) is 48.8 Å². The van der Waals surface area contributed by atoms with Crippen molar-refractivity contribution >= 4 is 0 Å². The van der Waals surface area contributed by atoms with Crippen molar-refractivity contribution in [1.82, 2.24) is 0 Å². The second-order valence-corrected chi connectivity index (χ2v) is 14.3. The molecule has 0 aliphatic carbocycles. The maximum atomic E-state index is 6.99. The van der Waals surface area contributed by atoms with E-state index in [1.807, 2.05) is 119 Å². The molecule has 5 aliphatic rings. The molecule has 5 aliphatic heterocycles. The molecular weight excluding hydrogens is 644 g/mol. The number of rotatable bonds is 10. The zero-order chi connectivity index (χ0) is 34.3. The van der Waals surface area contributed by atoms with Gasteiger partial charge in [-0.25, -0.2) is 0 Å². The Morgan fingerprint density at radius 1 is 0.580 bits per heavy atom. The van der Waals surface area contributed by atoms with Gasteiger partial charge in [-0.1, -0.05) is 91.0 Å². The standard InChI is InChI=1S/C39H46O11/c1-38(2)43-23-28(48-38)30-32(34-37(46-30)50-39(3,4)49-34)47-36-33(41-21-25-16-10-6-11-17-25)31(40-20-24-14-8-5-9-15-24)29-27(44-36)22-42-35(45-29)26-18-12-7-13-19-26/h5-19,27-37H,20-23H2,1-4H3/t27?,28?,29-,30-,31-,32+,33?,34?,35?,36-,37-/m1/s1. The Morgan fingerprint density at radius 3 is 1.84 bits per heavy atom. The normalized spacial score (nSPS) is 37.3. The van der Waals surface area contributed by atoms with Gasteiger partial charge in [-0.3, -0.25) is 0 Å². The summed E-state index contributed by atoms with van der Waals surface area (Å²) in [5, 5.41) is 0. The second kappa shape index (κ2) is 14.3. The Labute approximate surface area is 292 Å². The van der Waals surface area contributed by atoms with Gasteiger partial charge in [-0.15, -0.1) is 0 Å². The van der Waals surface area contributed by atoms with E-state index in [9.17, 15) is 0 Å². The van der Waals surface area contributed by atoms with E-state index in [1.54, 1.807) is 0 Å². The number of ether oxygens (including phenoxy) is 11. The molecule has 3 aromatic carbocycles. The maximum absolute atomic E-state index is 6.99. The van der Waals surface area contributed by atoms with Crippen LogP contribution >= 0.6 is 0 Å². The highest BCUT2D eigenvalue weighted by molar-refractivity contribution is 5.18. The zero-order valence-electron chi connectivity index (χ0n) is 28.8. The summed E-state index contributed by atoms with van der Waals surface area (Å²) >= 11 is 0. The fourth-order valence-electron chi connectivity index (χ4n) is 7.33. The molecule has 11 nitrogen and oxygen atoms in total. The molecule has 5 saturated heterocycles. The second-order valence-electron chi connectivity index (χ2n) is 14.3. The predicted octanol–water partition coefficient (Wildman–Crippen LogP) is 5.41. The summed E-state index contributed by atoms with van der Waals surface area (Å²) in [5.74, 6) is -1.63. The van der Waals surface area contributed by atoms with Crippen molar-refractivity contribution in [2.75, 3.05) is 13.2 Å². The van der Waals surface area contributed by atoms with Crippen molar-refractivity contribution in [2.45, 2.75) is 120 Å². The molecule has 0 aromatic heterocycles. The molecule has 50 heavy (non-hydrogen) atoms. The summed E-state index contributed by atoms with van der Waals surface area (Å²) in [4.78, 5) is 0. The first-order valence-electron chi connectivity index (χ1n) is 17.5. The largest absolute Gasteiger partial charge is 0.368 e. The van der Waals surface area contributed by atoms with Crippen LogP contribution in [0.25, 0.3) is 0 Å². The third-order valence-electron chi connectivity index (χ3n) is 9.64. The third-order valence-corrected chi connectivity index (χ3v) is 9.64. The molecule has 0 saturated carbocycles. The molecule has 11 atom stereocenters. The van der Waals surface area contributed by atoms with Crippen LogP contribution < -0.4 is 0 Å². The zero-order valence-corrected chi connectivity index (χ0v) is 28.8. The molecule has 8 rings (SSSR count). The number of hydrogen-bond acceptors (Lipinski definition) is 11. The number of hydrogen-bond donors (Lipinski definition) is 0. The molecule has 0 bridgehead atoms. The van der Waals surface area contributed by atoms with E-state index >= 15 is 0 Å². The van der Waals surface area contributed by atoms with E-state index in [2.05, 4.69) is 0 Å². The lowest BCUT2D eigenvalue weighted by atomic mass is 9.96. The fourth-order valence-corrected chi connectivity index (χ4v) is 7.33. The first-order valence-corrected chi connectivity index (χ1v) is 17.5. The quantitative estimate of drug-likeness (QED) is 0.273. The van der Waals surface area contributed by atoms with Gasteiger partial charge < -0.3 is 52.1 Å². The van der Waals surface area contributed by atoms with Crippen molar-refractivity contribution in [1.29, 1.82) is 0 Å². The lowest BCUT2D eigenvalue weighted by Gasteiger charge is -2.49. The van der Waals surface area contributed by atoms with Crippen LogP contribution in [0.3, 0.4) is 0 Å². The van der Waals surface area contributed by atoms with Crippen LogP contribution in [0.1, 0.15) is 50.7 Å². The average molecular weight is 691 g/mol. The summed E-state index contributed by atoms with van der Waals surface area (Å²) in [6.07, 6.45) is -6.73. The van der Waals surface area contributed by atoms with E-state index in [0.717, 1.165) is 16.7 Å².